The van der Waals surface area contributed by atoms with Crippen LogP contribution in [0.3, 0.4) is 0 Å². The molecular formula is C12H13NO2. The molecule has 0 aliphatic heterocycles. The second kappa shape index (κ2) is 5.84. The number of anilines is 1. The lowest BCUT2D eigenvalue weighted by Gasteiger charge is -2.04. The normalized spacial score (nSPS) is 9.33. The highest BCUT2D eigenvalue weighted by Crippen LogP contribution is 2.10. The molecule has 1 rings (SSSR count). The number of benzene rings is 1. The van der Waals surface area contributed by atoms with E-state index in [1.54, 1.807) is 12.1 Å². The van der Waals surface area contributed by atoms with Gasteiger partial charge in [0.05, 0.1) is 6.42 Å². The number of aliphatic hydroxyl groups is 1. The molecule has 0 unspecified atom stereocenters. The summed E-state index contributed by atoms with van der Waals surface area (Å²) in [6.45, 7) is 0.128. The predicted molar refractivity (Wildman–Crippen MR) is 59.3 cm³/mol. The number of nitrogens with one attached hydrogen (secondary N) is 1. The Balaban J connectivity index is 2.57. The smallest absolute Gasteiger partial charge is 0.236 e. The molecule has 0 aliphatic carbocycles. The lowest BCUT2D eigenvalue weighted by atomic mass is 10.1. The van der Waals surface area contributed by atoms with Gasteiger partial charge in [0, 0.05) is 12.3 Å². The number of hydrogen-bond acceptors (Lipinski definition) is 2. The van der Waals surface area contributed by atoms with Gasteiger partial charge in [0.15, 0.2) is 0 Å². The average molecular weight is 203 g/mol. The average Bonchev–Trinajstić information content (AvgIpc) is 2.22. The summed E-state index contributed by atoms with van der Waals surface area (Å²) in [4.78, 5) is 11.1. The quantitative estimate of drug-likeness (QED) is 0.722. The number of hydrogen-bond donors (Lipinski definition) is 2. The third-order valence-electron chi connectivity index (χ3n) is 1.90. The molecule has 0 bridgehead atoms. The second-order valence-corrected chi connectivity index (χ2v) is 3.10. The Morgan fingerprint density at radius 2 is 2.07 bits per heavy atom. The Labute approximate surface area is 89.1 Å². The van der Waals surface area contributed by atoms with Gasteiger partial charge in [-0.05, 0) is 24.1 Å². The highest BCUT2D eigenvalue weighted by Gasteiger charge is 1.99. The molecule has 1 aromatic carbocycles. The third-order valence-corrected chi connectivity index (χ3v) is 1.90. The molecule has 0 atom stereocenters. The van der Waals surface area contributed by atoms with Crippen molar-refractivity contribution < 1.29 is 9.90 Å². The van der Waals surface area contributed by atoms with Crippen molar-refractivity contribution in [2.24, 2.45) is 0 Å². The molecule has 0 saturated heterocycles. The van der Waals surface area contributed by atoms with Gasteiger partial charge in [-0.3, -0.25) is 4.79 Å². The van der Waals surface area contributed by atoms with Crippen molar-refractivity contribution in [3.63, 3.8) is 0 Å². The van der Waals surface area contributed by atoms with E-state index < -0.39 is 0 Å². The van der Waals surface area contributed by atoms with Crippen molar-refractivity contribution >= 4 is 11.6 Å². The molecule has 3 heteroatoms. The number of terminal acetylenes is 1. The zero-order valence-corrected chi connectivity index (χ0v) is 8.36. The van der Waals surface area contributed by atoms with Crippen molar-refractivity contribution in [3.8, 4) is 12.3 Å². The first-order valence-electron chi connectivity index (χ1n) is 4.69. The zero-order valence-electron chi connectivity index (χ0n) is 8.36. The lowest BCUT2D eigenvalue weighted by Crippen LogP contribution is -2.09. The minimum atomic E-state index is -0.188. The summed E-state index contributed by atoms with van der Waals surface area (Å²) in [6, 6.07) is 7.31. The van der Waals surface area contributed by atoms with Crippen LogP contribution < -0.4 is 5.32 Å². The molecule has 2 N–H and O–H groups in total. The number of carbonyl (C=O) groups is 1. The van der Waals surface area contributed by atoms with Crippen LogP contribution in [0.25, 0.3) is 0 Å². The van der Waals surface area contributed by atoms with Crippen molar-refractivity contribution in [2.75, 3.05) is 11.9 Å². The van der Waals surface area contributed by atoms with E-state index in [4.69, 9.17) is 11.5 Å². The molecule has 1 amide bonds. The predicted octanol–water partition coefficient (Wildman–Crippen LogP) is 1.18. The van der Waals surface area contributed by atoms with Gasteiger partial charge in [0.2, 0.25) is 5.91 Å². The van der Waals surface area contributed by atoms with Crippen LogP contribution in [-0.4, -0.2) is 17.6 Å². The van der Waals surface area contributed by atoms with E-state index >= 15 is 0 Å². The molecule has 15 heavy (non-hydrogen) atoms. The molecule has 0 spiro atoms. The molecule has 0 heterocycles. The van der Waals surface area contributed by atoms with Gasteiger partial charge >= 0.3 is 0 Å². The number of rotatable bonds is 4. The van der Waals surface area contributed by atoms with Crippen LogP contribution in [0.1, 0.15) is 12.0 Å². The first-order chi connectivity index (χ1) is 7.26. The van der Waals surface area contributed by atoms with E-state index in [1.807, 2.05) is 12.1 Å². The van der Waals surface area contributed by atoms with Crippen LogP contribution >= 0.6 is 0 Å². The highest BCUT2D eigenvalue weighted by molar-refractivity contribution is 5.92. The molecule has 1 aromatic rings. The minimum Gasteiger partial charge on any atom is -0.396 e. The fraction of sp³-hybridized carbons (Fsp3) is 0.250. The highest BCUT2D eigenvalue weighted by atomic mass is 16.2. The molecule has 3 nitrogen and oxygen atoms in total. The Kier molecular flexibility index (Phi) is 4.39. The number of aliphatic hydroxyl groups excluding tert-OH is 1. The summed E-state index contributed by atoms with van der Waals surface area (Å²) in [6.07, 6.45) is 5.71. The summed E-state index contributed by atoms with van der Waals surface area (Å²) >= 11 is 0. The van der Waals surface area contributed by atoms with Crippen molar-refractivity contribution in [3.05, 3.63) is 29.8 Å². The van der Waals surface area contributed by atoms with E-state index in [1.165, 1.54) is 0 Å². The summed E-state index contributed by atoms with van der Waals surface area (Å²) in [7, 11) is 0. The largest absolute Gasteiger partial charge is 0.396 e. The summed E-state index contributed by atoms with van der Waals surface area (Å²) in [5.74, 6) is 2.09. The van der Waals surface area contributed by atoms with E-state index in [-0.39, 0.29) is 18.9 Å². The molecule has 0 saturated carbocycles. The fourth-order valence-electron chi connectivity index (χ4n) is 1.18. The van der Waals surface area contributed by atoms with E-state index in [0.717, 1.165) is 11.3 Å². The van der Waals surface area contributed by atoms with Crippen LogP contribution in [0.2, 0.25) is 0 Å². The molecule has 0 fully saturated rings. The van der Waals surface area contributed by atoms with Gasteiger partial charge in [-0.15, -0.1) is 6.42 Å². The van der Waals surface area contributed by atoms with Crippen LogP contribution in [0.15, 0.2) is 24.3 Å². The van der Waals surface area contributed by atoms with Crippen LogP contribution in [-0.2, 0) is 11.2 Å². The SMILES string of the molecule is C#CCC(=O)Nc1ccc(CCO)cc1. The van der Waals surface area contributed by atoms with Gasteiger partial charge < -0.3 is 10.4 Å². The van der Waals surface area contributed by atoms with Crippen LogP contribution in [0, 0.1) is 12.3 Å². The monoisotopic (exact) mass is 203 g/mol. The molecule has 78 valence electrons. The van der Waals surface area contributed by atoms with Crippen LogP contribution in [0.4, 0.5) is 5.69 Å². The van der Waals surface area contributed by atoms with Crippen molar-refractivity contribution in [1.82, 2.24) is 0 Å². The van der Waals surface area contributed by atoms with Gasteiger partial charge in [-0.1, -0.05) is 18.1 Å². The number of amides is 1. The summed E-state index contributed by atoms with van der Waals surface area (Å²) in [5.41, 5.74) is 1.75. The summed E-state index contributed by atoms with van der Waals surface area (Å²) < 4.78 is 0. The Morgan fingerprint density at radius 3 is 2.60 bits per heavy atom. The molecule has 0 aromatic heterocycles. The van der Waals surface area contributed by atoms with Gasteiger partial charge in [-0.25, -0.2) is 0 Å². The molecule has 0 radical (unpaired) electrons. The maximum Gasteiger partial charge on any atom is 0.236 e. The Bertz CT molecular complexity index is 362. The van der Waals surface area contributed by atoms with E-state index in [9.17, 15) is 4.79 Å². The van der Waals surface area contributed by atoms with Gasteiger partial charge in [0.25, 0.3) is 0 Å². The van der Waals surface area contributed by atoms with Crippen molar-refractivity contribution in [2.45, 2.75) is 12.8 Å². The Morgan fingerprint density at radius 1 is 1.40 bits per heavy atom. The van der Waals surface area contributed by atoms with E-state index in [0.29, 0.717) is 6.42 Å². The summed E-state index contributed by atoms with van der Waals surface area (Å²) in [5, 5.41) is 11.4. The Hall–Kier alpha value is -1.79. The topological polar surface area (TPSA) is 49.3 Å². The lowest BCUT2D eigenvalue weighted by molar-refractivity contribution is -0.115. The van der Waals surface area contributed by atoms with Gasteiger partial charge in [0.1, 0.15) is 0 Å². The van der Waals surface area contributed by atoms with Crippen LogP contribution in [0.5, 0.6) is 0 Å². The first-order valence-corrected chi connectivity index (χ1v) is 4.69. The second-order valence-electron chi connectivity index (χ2n) is 3.10. The minimum absolute atomic E-state index is 0.0817. The molecular weight excluding hydrogens is 190 g/mol. The standard InChI is InChI=1S/C12H13NO2/c1-2-3-12(15)13-11-6-4-10(5-7-11)8-9-14/h1,4-7,14H,3,8-9H2,(H,13,15). The maximum atomic E-state index is 11.1. The first kappa shape index (κ1) is 11.3. The maximum absolute atomic E-state index is 11.1. The zero-order chi connectivity index (χ0) is 11.1. The number of carbonyl (C=O) groups excluding carboxylic acids is 1. The van der Waals surface area contributed by atoms with Gasteiger partial charge in [-0.2, -0.15) is 0 Å². The fourth-order valence-corrected chi connectivity index (χ4v) is 1.18. The van der Waals surface area contributed by atoms with Crippen molar-refractivity contribution in [1.29, 1.82) is 0 Å². The molecule has 0 aliphatic rings. The third kappa shape index (κ3) is 3.84. The van der Waals surface area contributed by atoms with E-state index in [2.05, 4.69) is 11.2 Å².